The molecule has 1 aromatic carbocycles. The Morgan fingerprint density at radius 2 is 1.92 bits per heavy atom. The van der Waals surface area contributed by atoms with Gasteiger partial charge in [-0.25, -0.2) is 0 Å². The normalized spacial score (nSPS) is 22.7. The van der Waals surface area contributed by atoms with Crippen LogP contribution in [0.4, 0.5) is 0 Å². The molecule has 1 aliphatic heterocycles. The summed E-state index contributed by atoms with van der Waals surface area (Å²) < 4.78 is 6.04. The van der Waals surface area contributed by atoms with Gasteiger partial charge in [0.2, 0.25) is 0 Å². The van der Waals surface area contributed by atoms with Crippen LogP contribution in [0.3, 0.4) is 0 Å². The Balaban J connectivity index is 1.55. The van der Waals surface area contributed by atoms with E-state index in [1.807, 2.05) is 12.1 Å². The SMILES string of the molecule is CC1CCCC(C)N1C(O)CCOc1ccccc1Cc1cccs1. The highest BCUT2D eigenvalue weighted by molar-refractivity contribution is 7.09. The highest BCUT2D eigenvalue weighted by atomic mass is 32.1. The van der Waals surface area contributed by atoms with E-state index in [0.29, 0.717) is 25.1 Å². The highest BCUT2D eigenvalue weighted by Crippen LogP contribution is 2.26. The maximum Gasteiger partial charge on any atom is 0.122 e. The lowest BCUT2D eigenvalue weighted by Gasteiger charge is -2.42. The van der Waals surface area contributed by atoms with Crippen LogP contribution in [0.1, 0.15) is 50.0 Å². The number of aliphatic hydroxyl groups is 1. The van der Waals surface area contributed by atoms with Gasteiger partial charge in [-0.2, -0.15) is 0 Å². The monoisotopic (exact) mass is 359 g/mol. The van der Waals surface area contributed by atoms with Gasteiger partial charge in [-0.1, -0.05) is 30.7 Å². The molecular weight excluding hydrogens is 330 g/mol. The van der Waals surface area contributed by atoms with E-state index in [9.17, 15) is 5.11 Å². The number of piperidine rings is 1. The number of benzene rings is 1. The minimum atomic E-state index is -0.422. The maximum atomic E-state index is 10.6. The standard InChI is InChI=1S/C21H29NO2S/c1-16-7-5-8-17(2)22(16)21(23)12-13-24-20-11-4-3-9-18(20)15-19-10-6-14-25-19/h3-4,6,9-11,14,16-17,21,23H,5,7-8,12-13,15H2,1-2H3. The molecule has 3 atom stereocenters. The summed E-state index contributed by atoms with van der Waals surface area (Å²) in [5, 5.41) is 12.7. The quantitative estimate of drug-likeness (QED) is 0.778. The van der Waals surface area contributed by atoms with E-state index in [-0.39, 0.29) is 0 Å². The van der Waals surface area contributed by atoms with Crippen molar-refractivity contribution in [3.05, 3.63) is 52.2 Å². The Morgan fingerprint density at radius 3 is 2.64 bits per heavy atom. The van der Waals surface area contributed by atoms with E-state index in [1.165, 1.54) is 29.7 Å². The zero-order chi connectivity index (χ0) is 17.6. The van der Waals surface area contributed by atoms with Gasteiger partial charge in [0.05, 0.1) is 6.61 Å². The molecule has 25 heavy (non-hydrogen) atoms. The van der Waals surface area contributed by atoms with E-state index in [0.717, 1.165) is 12.2 Å². The number of para-hydroxylation sites is 1. The van der Waals surface area contributed by atoms with Crippen LogP contribution >= 0.6 is 11.3 Å². The predicted octanol–water partition coefficient (Wildman–Crippen LogP) is 4.69. The molecule has 0 spiro atoms. The van der Waals surface area contributed by atoms with Crippen molar-refractivity contribution in [1.82, 2.24) is 4.90 Å². The largest absolute Gasteiger partial charge is 0.493 e. The molecular formula is C21H29NO2S. The van der Waals surface area contributed by atoms with Gasteiger partial charge < -0.3 is 9.84 Å². The Bertz CT molecular complexity index is 633. The van der Waals surface area contributed by atoms with Crippen LogP contribution in [0, 0.1) is 0 Å². The van der Waals surface area contributed by atoms with Crippen LogP contribution < -0.4 is 4.74 Å². The molecule has 0 amide bonds. The Kier molecular flexibility index (Phi) is 6.51. The van der Waals surface area contributed by atoms with E-state index in [2.05, 4.69) is 48.4 Å². The van der Waals surface area contributed by atoms with Crippen molar-refractivity contribution in [3.8, 4) is 5.75 Å². The smallest absolute Gasteiger partial charge is 0.122 e. The number of hydrogen-bond donors (Lipinski definition) is 1. The van der Waals surface area contributed by atoms with Gasteiger partial charge in [-0.15, -0.1) is 11.3 Å². The molecule has 3 nitrogen and oxygen atoms in total. The maximum absolute atomic E-state index is 10.6. The van der Waals surface area contributed by atoms with Crippen LogP contribution in [0.5, 0.6) is 5.75 Å². The van der Waals surface area contributed by atoms with E-state index in [4.69, 9.17) is 4.74 Å². The molecule has 1 aliphatic rings. The van der Waals surface area contributed by atoms with E-state index < -0.39 is 6.23 Å². The van der Waals surface area contributed by atoms with Gasteiger partial charge in [0, 0.05) is 29.8 Å². The summed E-state index contributed by atoms with van der Waals surface area (Å²) in [4.78, 5) is 3.59. The molecule has 4 heteroatoms. The number of hydrogen-bond acceptors (Lipinski definition) is 4. The van der Waals surface area contributed by atoms with Gasteiger partial charge >= 0.3 is 0 Å². The molecule has 1 fully saturated rings. The topological polar surface area (TPSA) is 32.7 Å². The Hall–Kier alpha value is -1.36. The molecule has 0 aliphatic carbocycles. The van der Waals surface area contributed by atoms with E-state index in [1.54, 1.807) is 11.3 Å². The Morgan fingerprint density at radius 1 is 1.16 bits per heavy atom. The number of thiophene rings is 1. The third-order valence-corrected chi connectivity index (χ3v) is 6.03. The molecule has 0 radical (unpaired) electrons. The molecule has 1 N–H and O–H groups in total. The summed E-state index contributed by atoms with van der Waals surface area (Å²) in [5.74, 6) is 0.933. The fourth-order valence-corrected chi connectivity index (χ4v) is 4.57. The second-order valence-electron chi connectivity index (χ2n) is 7.06. The average Bonchev–Trinajstić information content (AvgIpc) is 3.09. The first kappa shape index (κ1) is 18.4. The lowest BCUT2D eigenvalue weighted by molar-refractivity contribution is -0.0718. The average molecular weight is 360 g/mol. The lowest BCUT2D eigenvalue weighted by Crippen LogP contribution is -2.50. The van der Waals surface area contributed by atoms with Gasteiger partial charge in [0.15, 0.2) is 0 Å². The van der Waals surface area contributed by atoms with Crippen LogP contribution in [0.25, 0.3) is 0 Å². The van der Waals surface area contributed by atoms with Crippen LogP contribution in [0.15, 0.2) is 41.8 Å². The van der Waals surface area contributed by atoms with Crippen molar-refractivity contribution in [3.63, 3.8) is 0 Å². The molecule has 3 rings (SSSR count). The second kappa shape index (κ2) is 8.84. The minimum absolute atomic E-state index is 0.422. The van der Waals surface area contributed by atoms with Crippen LogP contribution in [-0.4, -0.2) is 34.9 Å². The lowest BCUT2D eigenvalue weighted by atomic mass is 9.97. The number of nitrogens with zero attached hydrogens (tertiary/aromatic N) is 1. The molecule has 0 bridgehead atoms. The third kappa shape index (κ3) is 4.84. The van der Waals surface area contributed by atoms with E-state index >= 15 is 0 Å². The first-order chi connectivity index (χ1) is 12.1. The summed E-state index contributed by atoms with van der Waals surface area (Å²) in [6.07, 6.45) is 4.73. The van der Waals surface area contributed by atoms with Crippen molar-refractivity contribution in [2.24, 2.45) is 0 Å². The second-order valence-corrected chi connectivity index (χ2v) is 8.09. The molecule has 2 heterocycles. The summed E-state index contributed by atoms with van der Waals surface area (Å²) in [6, 6.07) is 13.4. The number of ether oxygens (including phenoxy) is 1. The van der Waals surface area contributed by atoms with Gasteiger partial charge in [0.25, 0.3) is 0 Å². The molecule has 136 valence electrons. The molecule has 3 unspecified atom stereocenters. The highest BCUT2D eigenvalue weighted by Gasteiger charge is 2.29. The molecule has 1 aromatic heterocycles. The van der Waals surface area contributed by atoms with Crippen molar-refractivity contribution >= 4 is 11.3 Å². The molecule has 2 aromatic rings. The van der Waals surface area contributed by atoms with Gasteiger partial charge in [-0.05, 0) is 49.8 Å². The fraction of sp³-hybridized carbons (Fsp3) is 0.524. The summed E-state index contributed by atoms with van der Waals surface area (Å²) >= 11 is 1.77. The third-order valence-electron chi connectivity index (χ3n) is 5.16. The van der Waals surface area contributed by atoms with Gasteiger partial charge in [0.1, 0.15) is 12.0 Å². The molecule has 0 saturated carbocycles. The fourth-order valence-electron chi connectivity index (χ4n) is 3.84. The predicted molar refractivity (Wildman–Crippen MR) is 104 cm³/mol. The van der Waals surface area contributed by atoms with Gasteiger partial charge in [-0.3, -0.25) is 4.90 Å². The number of likely N-dealkylation sites (tertiary alicyclic amines) is 1. The molecule has 1 saturated heterocycles. The Labute approximate surface area is 155 Å². The zero-order valence-electron chi connectivity index (χ0n) is 15.2. The number of aliphatic hydroxyl groups excluding tert-OH is 1. The minimum Gasteiger partial charge on any atom is -0.493 e. The van der Waals surface area contributed by atoms with Crippen LogP contribution in [0.2, 0.25) is 0 Å². The summed E-state index contributed by atoms with van der Waals surface area (Å²) in [7, 11) is 0. The summed E-state index contributed by atoms with van der Waals surface area (Å²) in [6.45, 7) is 4.98. The van der Waals surface area contributed by atoms with Crippen molar-refractivity contribution in [1.29, 1.82) is 0 Å². The van der Waals surface area contributed by atoms with Crippen molar-refractivity contribution < 1.29 is 9.84 Å². The zero-order valence-corrected chi connectivity index (χ0v) is 16.0. The first-order valence-corrected chi connectivity index (χ1v) is 10.2. The summed E-state index contributed by atoms with van der Waals surface area (Å²) in [5.41, 5.74) is 1.21. The first-order valence-electron chi connectivity index (χ1n) is 9.33. The van der Waals surface area contributed by atoms with Crippen LogP contribution in [-0.2, 0) is 6.42 Å². The van der Waals surface area contributed by atoms with Crippen molar-refractivity contribution in [2.75, 3.05) is 6.61 Å². The number of rotatable bonds is 7. The van der Waals surface area contributed by atoms with Crippen molar-refractivity contribution in [2.45, 2.75) is 64.3 Å².